The summed E-state index contributed by atoms with van der Waals surface area (Å²) in [6.07, 6.45) is 1.38. The van der Waals surface area contributed by atoms with Crippen molar-refractivity contribution in [3.05, 3.63) is 141 Å². The summed E-state index contributed by atoms with van der Waals surface area (Å²) in [6.45, 7) is 4.25. The van der Waals surface area contributed by atoms with Crippen molar-refractivity contribution in [1.29, 1.82) is 0 Å². The number of nitrogens with one attached hydrogen (secondary N) is 2. The van der Waals surface area contributed by atoms with Crippen LogP contribution in [0.2, 0.25) is 10.0 Å². The van der Waals surface area contributed by atoms with Crippen LogP contribution in [-0.4, -0.2) is 91.6 Å². The van der Waals surface area contributed by atoms with Crippen LogP contribution in [0.4, 0.5) is 0 Å². The molecule has 0 fully saturated rings. The average molecular weight is 958 g/mol. The monoisotopic (exact) mass is 956 g/mol. The molecule has 16 nitrogen and oxygen atoms in total. The second-order valence-corrected chi connectivity index (χ2v) is 17.4. The topological polar surface area (TPSA) is 197 Å². The average Bonchev–Trinajstić information content (AvgIpc) is 3.84. The number of ether oxygens (including phenoxy) is 2. The first-order chi connectivity index (χ1) is 32.9. The highest BCUT2D eigenvalue weighted by Crippen LogP contribution is 2.36. The third-order valence-electron chi connectivity index (χ3n) is 11.8. The second-order valence-electron chi connectivity index (χ2n) is 16.5. The molecular formula is C50H50Cl2N10O6. The molecule has 0 radical (unpaired) electrons. The molecule has 8 rings (SSSR count). The number of carbonyl (C=O) groups is 4. The van der Waals surface area contributed by atoms with Gasteiger partial charge >= 0.3 is 0 Å². The number of hydrogen-bond donors (Lipinski definition) is 2. The Balaban J connectivity index is 0.795. The Morgan fingerprint density at radius 3 is 1.50 bits per heavy atom. The zero-order chi connectivity index (χ0) is 47.9. The summed E-state index contributed by atoms with van der Waals surface area (Å²) < 4.78 is 14.9. The van der Waals surface area contributed by atoms with Gasteiger partial charge in [-0.15, -0.1) is 20.4 Å². The number of nitrogens with zero attached hydrogens (tertiary/aromatic N) is 8. The van der Waals surface area contributed by atoms with Crippen molar-refractivity contribution in [3.8, 4) is 22.9 Å². The fourth-order valence-electron chi connectivity index (χ4n) is 8.41. The minimum Gasteiger partial charge on any atom is -0.497 e. The van der Waals surface area contributed by atoms with E-state index < -0.39 is 12.1 Å². The summed E-state index contributed by atoms with van der Waals surface area (Å²) >= 11 is 12.5. The summed E-state index contributed by atoms with van der Waals surface area (Å²) in [4.78, 5) is 62.5. The van der Waals surface area contributed by atoms with Gasteiger partial charge in [0.15, 0.2) is 11.6 Å². The third kappa shape index (κ3) is 10.7. The van der Waals surface area contributed by atoms with Crippen molar-refractivity contribution in [2.45, 2.75) is 77.3 Å². The van der Waals surface area contributed by atoms with Crippen LogP contribution in [-0.2, 0) is 19.2 Å². The smallest absolute Gasteiger partial charge is 0.222 e. The van der Waals surface area contributed by atoms with E-state index in [9.17, 15) is 19.2 Å². The molecule has 4 heterocycles. The standard InChI is InChI=1S/C50H50Cl2N10O6/c1-29-57-59-49-41(55-47(31-9-13-33(51)14-10-31)39-26-37(67-3)18-20-43(39)61(29)49)25-36(64)8-6-23-53-45(65)22-17-35(63)7-5-24-54-46(66)28-42-50-60-58-30(2)62(50)44-21-19-38(68-4)27-40(44)48(56-42)32-11-15-34(52)16-12-32/h9-16,18-21,26-27,41-42H,5-8,17,22-25,28H2,1-4H3,(H,53,65)(H,54,66)/t41-,42-/m0/s1. The van der Waals surface area contributed by atoms with Gasteiger partial charge in [-0.05, 0) is 87.4 Å². The van der Waals surface area contributed by atoms with Crippen LogP contribution in [0.5, 0.6) is 11.5 Å². The Hall–Kier alpha value is -7.04. The molecule has 0 saturated carbocycles. The Morgan fingerprint density at radius 1 is 0.559 bits per heavy atom. The SMILES string of the molecule is COc1ccc2c(c1)C(c1ccc(Cl)cc1)=N[C@@H](CC(=O)CCCNC(=O)CCC(=O)CCCNC(=O)C[C@@H]1N=C(c3ccc(Cl)cc3)c3cc(OC)ccc3-n3c(C)nnc31)c1nnc(C)n1-2. The number of hydrogen-bond acceptors (Lipinski definition) is 12. The molecule has 2 aliphatic rings. The fraction of sp³-hybridized carbons (Fsp3) is 0.320. The zero-order valence-electron chi connectivity index (χ0n) is 38.1. The van der Waals surface area contributed by atoms with Crippen molar-refractivity contribution < 1.29 is 28.7 Å². The highest BCUT2D eigenvalue weighted by molar-refractivity contribution is 6.31. The summed E-state index contributed by atoms with van der Waals surface area (Å²) in [5, 5.41) is 24.5. The molecule has 68 heavy (non-hydrogen) atoms. The molecule has 2 aromatic heterocycles. The highest BCUT2D eigenvalue weighted by Gasteiger charge is 2.32. The number of rotatable bonds is 19. The number of fused-ring (bicyclic) bond motifs is 6. The number of aromatic nitrogens is 6. The van der Waals surface area contributed by atoms with Gasteiger partial charge in [0.2, 0.25) is 11.8 Å². The number of aryl methyl sites for hydroxylation is 2. The number of halogens is 2. The van der Waals surface area contributed by atoms with E-state index in [0.29, 0.717) is 69.1 Å². The van der Waals surface area contributed by atoms with Gasteiger partial charge in [0.05, 0.1) is 43.4 Å². The van der Waals surface area contributed by atoms with Crippen LogP contribution in [0.25, 0.3) is 11.4 Å². The first-order valence-electron chi connectivity index (χ1n) is 22.4. The lowest BCUT2D eigenvalue weighted by Gasteiger charge is -2.14. The summed E-state index contributed by atoms with van der Waals surface area (Å²) in [5.74, 6) is 3.00. The van der Waals surface area contributed by atoms with Gasteiger partial charge in [0, 0.05) is 77.5 Å². The lowest BCUT2D eigenvalue weighted by molar-refractivity contribution is -0.125. The normalized spacial score (nSPS) is 14.7. The van der Waals surface area contributed by atoms with Gasteiger partial charge < -0.3 is 20.1 Å². The van der Waals surface area contributed by atoms with E-state index >= 15 is 0 Å². The lowest BCUT2D eigenvalue weighted by atomic mass is 9.99. The number of carbonyl (C=O) groups excluding carboxylic acids is 4. The molecule has 350 valence electrons. The molecule has 0 unspecified atom stereocenters. The van der Waals surface area contributed by atoms with Gasteiger partial charge in [0.25, 0.3) is 0 Å². The Morgan fingerprint density at radius 2 is 1.01 bits per heavy atom. The van der Waals surface area contributed by atoms with Crippen LogP contribution in [0, 0.1) is 13.8 Å². The molecule has 2 amide bonds. The molecule has 0 spiro atoms. The van der Waals surface area contributed by atoms with Crippen LogP contribution >= 0.6 is 23.2 Å². The molecule has 0 bridgehead atoms. The van der Waals surface area contributed by atoms with E-state index in [1.165, 1.54) is 0 Å². The van der Waals surface area contributed by atoms with Crippen molar-refractivity contribution >= 4 is 58.0 Å². The Bertz CT molecular complexity index is 2730. The van der Waals surface area contributed by atoms with E-state index in [4.69, 9.17) is 42.7 Å². The molecule has 0 saturated heterocycles. The first-order valence-corrected chi connectivity index (χ1v) is 23.1. The van der Waals surface area contributed by atoms with E-state index in [2.05, 4.69) is 31.0 Å². The molecule has 6 aromatic rings. The van der Waals surface area contributed by atoms with E-state index in [0.717, 1.165) is 33.6 Å². The minimum absolute atomic E-state index is 0.00676. The molecule has 2 N–H and O–H groups in total. The number of amides is 2. The van der Waals surface area contributed by atoms with Crippen LogP contribution in [0.15, 0.2) is 94.9 Å². The minimum atomic E-state index is -0.667. The fourth-order valence-corrected chi connectivity index (χ4v) is 8.66. The van der Waals surface area contributed by atoms with Crippen LogP contribution in [0.3, 0.4) is 0 Å². The van der Waals surface area contributed by atoms with Crippen molar-refractivity contribution in [3.63, 3.8) is 0 Å². The Labute approximate surface area is 403 Å². The maximum absolute atomic E-state index is 13.5. The number of methoxy groups -OCH3 is 2. The van der Waals surface area contributed by atoms with Gasteiger partial charge in [0.1, 0.15) is 46.8 Å². The predicted octanol–water partition coefficient (Wildman–Crippen LogP) is 7.76. The van der Waals surface area contributed by atoms with E-state index in [1.54, 1.807) is 38.5 Å². The third-order valence-corrected chi connectivity index (χ3v) is 12.3. The number of aliphatic imine (C=N–C) groups is 2. The molecule has 18 heteroatoms. The summed E-state index contributed by atoms with van der Waals surface area (Å²) in [5.41, 5.74) is 6.18. The number of ketones is 2. The molecule has 2 atom stereocenters. The van der Waals surface area contributed by atoms with Crippen molar-refractivity contribution in [2.75, 3.05) is 27.3 Å². The largest absolute Gasteiger partial charge is 0.497 e. The number of Topliss-reactive ketones (excluding diaryl/α,β-unsaturated/α-hetero) is 2. The molecular weight excluding hydrogens is 908 g/mol. The van der Waals surface area contributed by atoms with Gasteiger partial charge in [-0.3, -0.25) is 38.3 Å². The van der Waals surface area contributed by atoms with Crippen molar-refractivity contribution in [2.24, 2.45) is 9.98 Å². The van der Waals surface area contributed by atoms with Crippen LogP contribution in [0.1, 0.15) is 109 Å². The second kappa shape index (κ2) is 21.3. The first kappa shape index (κ1) is 47.5. The van der Waals surface area contributed by atoms with E-state index in [-0.39, 0.29) is 75.0 Å². The van der Waals surface area contributed by atoms with Gasteiger partial charge in [-0.2, -0.15) is 0 Å². The maximum atomic E-state index is 13.5. The van der Waals surface area contributed by atoms with E-state index in [1.807, 2.05) is 83.6 Å². The van der Waals surface area contributed by atoms with Gasteiger partial charge in [-0.1, -0.05) is 47.5 Å². The number of benzene rings is 4. The zero-order valence-corrected chi connectivity index (χ0v) is 39.6. The lowest BCUT2D eigenvalue weighted by Crippen LogP contribution is -2.27. The van der Waals surface area contributed by atoms with Crippen molar-refractivity contribution in [1.82, 2.24) is 40.2 Å². The molecule has 2 aliphatic heterocycles. The van der Waals surface area contributed by atoms with Crippen LogP contribution < -0.4 is 20.1 Å². The Kier molecular flexibility index (Phi) is 14.9. The maximum Gasteiger partial charge on any atom is 0.222 e. The summed E-state index contributed by atoms with van der Waals surface area (Å²) in [6, 6.07) is 24.8. The highest BCUT2D eigenvalue weighted by atomic mass is 35.5. The molecule has 0 aliphatic carbocycles. The predicted molar refractivity (Wildman–Crippen MR) is 258 cm³/mol. The quantitative estimate of drug-likeness (QED) is 0.0757. The molecule has 4 aromatic carbocycles. The van der Waals surface area contributed by atoms with Gasteiger partial charge in [-0.25, -0.2) is 0 Å². The summed E-state index contributed by atoms with van der Waals surface area (Å²) in [7, 11) is 3.20.